The summed E-state index contributed by atoms with van der Waals surface area (Å²) in [6, 6.07) is 1.17. The molecule has 1 aromatic rings. The van der Waals surface area contributed by atoms with Crippen LogP contribution in [0.15, 0.2) is 10.5 Å². The maximum atomic E-state index is 12.4. The molecule has 2 heterocycles. The van der Waals surface area contributed by atoms with Crippen molar-refractivity contribution in [2.45, 2.75) is 25.6 Å². The van der Waals surface area contributed by atoms with Crippen molar-refractivity contribution < 1.29 is 32.3 Å². The highest BCUT2D eigenvalue weighted by Crippen LogP contribution is 2.26. The fraction of sp³-hybridized carbons (Fsp3) is 0.455. The van der Waals surface area contributed by atoms with Gasteiger partial charge in [-0.3, -0.25) is 4.79 Å². The number of aromatic carboxylic acids is 1. The molecule has 0 unspecified atom stereocenters. The van der Waals surface area contributed by atoms with E-state index in [2.05, 4.69) is 0 Å². The summed E-state index contributed by atoms with van der Waals surface area (Å²) in [5.41, 5.74) is 0.312. The molecule has 2 rings (SSSR count). The molecule has 0 aliphatic carbocycles. The molecule has 1 aliphatic heterocycles. The molecule has 1 N–H and O–H groups in total. The van der Waals surface area contributed by atoms with E-state index in [-0.39, 0.29) is 18.8 Å². The van der Waals surface area contributed by atoms with Crippen molar-refractivity contribution >= 4 is 11.9 Å². The van der Waals surface area contributed by atoms with Gasteiger partial charge in [-0.2, -0.15) is 13.2 Å². The van der Waals surface area contributed by atoms with E-state index in [1.807, 2.05) is 0 Å². The predicted molar refractivity (Wildman–Crippen MR) is 55.5 cm³/mol. The molecule has 104 valence electrons. The Labute approximate surface area is 105 Å². The molecule has 0 saturated carbocycles. The molecule has 0 aromatic carbocycles. The van der Waals surface area contributed by atoms with Crippen molar-refractivity contribution in [1.29, 1.82) is 0 Å². The summed E-state index contributed by atoms with van der Waals surface area (Å²) in [5.74, 6) is -3.21. The molecule has 0 fully saturated rings. The topological polar surface area (TPSA) is 70.8 Å². The van der Waals surface area contributed by atoms with Crippen LogP contribution in [-0.4, -0.2) is 34.6 Å². The van der Waals surface area contributed by atoms with Gasteiger partial charge in [-0.05, 0) is 12.5 Å². The van der Waals surface area contributed by atoms with Crippen molar-refractivity contribution in [3.05, 3.63) is 23.2 Å². The van der Waals surface area contributed by atoms with Crippen molar-refractivity contribution in [2.24, 2.45) is 0 Å². The van der Waals surface area contributed by atoms with Crippen LogP contribution in [0.2, 0.25) is 0 Å². The molecule has 0 spiro atoms. The number of carbonyl (C=O) groups excluding carboxylic acids is 1. The fourth-order valence-corrected chi connectivity index (χ4v) is 1.99. The maximum absolute atomic E-state index is 12.4. The van der Waals surface area contributed by atoms with Crippen molar-refractivity contribution in [1.82, 2.24) is 4.90 Å². The zero-order chi connectivity index (χ0) is 14.2. The Morgan fingerprint density at radius 2 is 2.05 bits per heavy atom. The average Bonchev–Trinajstić information content (AvgIpc) is 2.60. The highest BCUT2D eigenvalue weighted by Gasteiger charge is 2.43. The van der Waals surface area contributed by atoms with Crippen LogP contribution in [0.1, 0.15) is 28.3 Å². The summed E-state index contributed by atoms with van der Waals surface area (Å²) >= 11 is 0. The van der Waals surface area contributed by atoms with Crippen LogP contribution in [0, 0.1) is 0 Å². The SMILES string of the molecule is O=C(O)c1cc2c(o1)CCCN(C(=O)C(F)(F)F)C2. The second-order valence-electron chi connectivity index (χ2n) is 4.19. The van der Waals surface area contributed by atoms with Crippen LogP contribution >= 0.6 is 0 Å². The van der Waals surface area contributed by atoms with E-state index in [1.165, 1.54) is 6.07 Å². The molecule has 19 heavy (non-hydrogen) atoms. The molecular formula is C11H10F3NO4. The van der Waals surface area contributed by atoms with Crippen molar-refractivity contribution in [3.8, 4) is 0 Å². The molecule has 1 amide bonds. The fourth-order valence-electron chi connectivity index (χ4n) is 1.99. The van der Waals surface area contributed by atoms with Crippen LogP contribution in [-0.2, 0) is 17.8 Å². The Kier molecular flexibility index (Phi) is 3.25. The van der Waals surface area contributed by atoms with Crippen LogP contribution in [0.25, 0.3) is 0 Å². The molecule has 5 nitrogen and oxygen atoms in total. The minimum atomic E-state index is -4.93. The van der Waals surface area contributed by atoms with Crippen molar-refractivity contribution in [3.63, 3.8) is 0 Å². The van der Waals surface area contributed by atoms with E-state index in [0.717, 1.165) is 0 Å². The number of aryl methyl sites for hydroxylation is 1. The number of alkyl halides is 3. The number of furan rings is 1. The van der Waals surface area contributed by atoms with Gasteiger partial charge in [0.2, 0.25) is 5.76 Å². The molecule has 0 radical (unpaired) electrons. The lowest BCUT2D eigenvalue weighted by molar-refractivity contribution is -0.186. The zero-order valence-corrected chi connectivity index (χ0v) is 9.66. The third-order valence-corrected chi connectivity index (χ3v) is 2.83. The third-order valence-electron chi connectivity index (χ3n) is 2.83. The van der Waals surface area contributed by atoms with E-state index in [1.54, 1.807) is 0 Å². The van der Waals surface area contributed by atoms with Gasteiger partial charge in [0.1, 0.15) is 5.76 Å². The number of rotatable bonds is 1. The van der Waals surface area contributed by atoms with E-state index in [9.17, 15) is 22.8 Å². The molecular weight excluding hydrogens is 267 g/mol. The third kappa shape index (κ3) is 2.72. The Hall–Kier alpha value is -1.99. The lowest BCUT2D eigenvalue weighted by atomic mass is 10.2. The Morgan fingerprint density at radius 1 is 1.37 bits per heavy atom. The van der Waals surface area contributed by atoms with E-state index in [0.29, 0.717) is 29.1 Å². The molecule has 0 atom stereocenters. The highest BCUT2D eigenvalue weighted by atomic mass is 19.4. The van der Waals surface area contributed by atoms with Gasteiger partial charge in [-0.15, -0.1) is 0 Å². The van der Waals surface area contributed by atoms with Gasteiger partial charge in [0, 0.05) is 25.1 Å². The van der Waals surface area contributed by atoms with E-state index >= 15 is 0 Å². The first-order valence-electron chi connectivity index (χ1n) is 5.50. The van der Waals surface area contributed by atoms with Gasteiger partial charge in [0.15, 0.2) is 0 Å². The second kappa shape index (κ2) is 4.60. The maximum Gasteiger partial charge on any atom is 0.471 e. The summed E-state index contributed by atoms with van der Waals surface area (Å²) in [4.78, 5) is 22.6. The normalized spacial score (nSPS) is 15.8. The number of carbonyl (C=O) groups is 2. The average molecular weight is 277 g/mol. The summed E-state index contributed by atoms with van der Waals surface area (Å²) in [7, 11) is 0. The number of carboxylic acid groups (broad SMARTS) is 1. The van der Waals surface area contributed by atoms with Gasteiger partial charge in [-0.1, -0.05) is 0 Å². The standard InChI is InChI=1S/C11H10F3NO4/c12-11(13,14)10(18)15-3-1-2-7-6(5-15)4-8(19-7)9(16)17/h4H,1-3,5H2,(H,16,17). The molecule has 1 aliphatic rings. The minimum Gasteiger partial charge on any atom is -0.475 e. The van der Waals surface area contributed by atoms with Gasteiger partial charge >= 0.3 is 18.1 Å². The Balaban J connectivity index is 2.25. The molecule has 8 heteroatoms. The number of nitrogens with zero attached hydrogens (tertiary/aromatic N) is 1. The first kappa shape index (κ1) is 13.4. The number of fused-ring (bicyclic) bond motifs is 1. The van der Waals surface area contributed by atoms with Crippen LogP contribution in [0.4, 0.5) is 13.2 Å². The van der Waals surface area contributed by atoms with Crippen LogP contribution in [0.3, 0.4) is 0 Å². The van der Waals surface area contributed by atoms with Crippen LogP contribution < -0.4 is 0 Å². The van der Waals surface area contributed by atoms with Crippen molar-refractivity contribution in [2.75, 3.05) is 6.54 Å². The number of hydrogen-bond donors (Lipinski definition) is 1. The smallest absolute Gasteiger partial charge is 0.471 e. The summed E-state index contributed by atoms with van der Waals surface area (Å²) in [6.45, 7) is -0.324. The van der Waals surface area contributed by atoms with Gasteiger partial charge in [-0.25, -0.2) is 4.79 Å². The van der Waals surface area contributed by atoms with Gasteiger partial charge in [0.05, 0.1) is 0 Å². The summed E-state index contributed by atoms with van der Waals surface area (Å²) in [6.07, 6.45) is -4.32. The quantitative estimate of drug-likeness (QED) is 0.850. The second-order valence-corrected chi connectivity index (χ2v) is 4.19. The van der Waals surface area contributed by atoms with Crippen LogP contribution in [0.5, 0.6) is 0 Å². The van der Waals surface area contributed by atoms with Gasteiger partial charge < -0.3 is 14.4 Å². The zero-order valence-electron chi connectivity index (χ0n) is 9.66. The minimum absolute atomic E-state index is 0.0368. The lowest BCUT2D eigenvalue weighted by Crippen LogP contribution is -2.40. The Morgan fingerprint density at radius 3 is 2.63 bits per heavy atom. The number of halogens is 3. The first-order chi connectivity index (χ1) is 8.79. The monoisotopic (exact) mass is 277 g/mol. The molecule has 0 bridgehead atoms. The largest absolute Gasteiger partial charge is 0.475 e. The lowest BCUT2D eigenvalue weighted by Gasteiger charge is -2.21. The van der Waals surface area contributed by atoms with E-state index < -0.39 is 18.1 Å². The number of carboxylic acids is 1. The van der Waals surface area contributed by atoms with Gasteiger partial charge in [0.25, 0.3) is 0 Å². The molecule has 0 saturated heterocycles. The number of amides is 1. The molecule has 1 aromatic heterocycles. The predicted octanol–water partition coefficient (Wildman–Crippen LogP) is 1.81. The summed E-state index contributed by atoms with van der Waals surface area (Å²) < 4.78 is 42.1. The highest BCUT2D eigenvalue weighted by molar-refractivity contribution is 5.85. The van der Waals surface area contributed by atoms with E-state index in [4.69, 9.17) is 9.52 Å². The number of hydrogen-bond acceptors (Lipinski definition) is 3. The summed E-state index contributed by atoms with van der Waals surface area (Å²) in [5, 5.41) is 8.75. The first-order valence-corrected chi connectivity index (χ1v) is 5.50. The Bertz CT molecular complexity index is 521.